The van der Waals surface area contributed by atoms with Crippen LogP contribution in [0.3, 0.4) is 0 Å². The predicted molar refractivity (Wildman–Crippen MR) is 83.1 cm³/mol. The summed E-state index contributed by atoms with van der Waals surface area (Å²) in [4.78, 5) is 2.19. The van der Waals surface area contributed by atoms with E-state index in [1.54, 1.807) is 12.1 Å². The van der Waals surface area contributed by atoms with Crippen molar-refractivity contribution >= 4 is 5.69 Å². The van der Waals surface area contributed by atoms with Gasteiger partial charge in [-0.05, 0) is 43.7 Å². The molecule has 1 atom stereocenters. The third-order valence-electron chi connectivity index (χ3n) is 4.44. The van der Waals surface area contributed by atoms with Crippen LogP contribution in [0.15, 0.2) is 18.2 Å². The molecule has 1 aliphatic carbocycles. The van der Waals surface area contributed by atoms with Crippen molar-refractivity contribution in [3.05, 3.63) is 29.6 Å². The molecule has 21 heavy (non-hydrogen) atoms. The number of nitrogens with one attached hydrogen (secondary N) is 1. The molecule has 0 amide bonds. The molecule has 0 aromatic heterocycles. The molecule has 1 heterocycles. The van der Waals surface area contributed by atoms with Crippen LogP contribution in [0.4, 0.5) is 10.1 Å². The first-order valence-corrected chi connectivity index (χ1v) is 8.03. The van der Waals surface area contributed by atoms with Crippen LogP contribution in [0.2, 0.25) is 0 Å². The summed E-state index contributed by atoms with van der Waals surface area (Å²) in [5.74, 6) is 0.448. The monoisotopic (exact) mass is 292 g/mol. The molecule has 116 valence electrons. The summed E-state index contributed by atoms with van der Waals surface area (Å²) in [6.07, 6.45) is 4.78. The zero-order chi connectivity index (χ0) is 14.7. The normalized spacial score (nSPS) is 22.3. The summed E-state index contributed by atoms with van der Waals surface area (Å²) in [6.45, 7) is 3.27. The highest BCUT2D eigenvalue weighted by atomic mass is 19.1. The Morgan fingerprint density at radius 1 is 1.33 bits per heavy atom. The molecule has 0 spiro atoms. The fraction of sp³-hybridized carbons (Fsp3) is 0.647. The molecule has 1 aromatic rings. The van der Waals surface area contributed by atoms with Crippen LogP contribution in [0, 0.1) is 11.7 Å². The van der Waals surface area contributed by atoms with Gasteiger partial charge in [-0.3, -0.25) is 0 Å². The first-order valence-electron chi connectivity index (χ1n) is 8.03. The molecule has 1 aliphatic heterocycles. The number of rotatable bonds is 6. The van der Waals surface area contributed by atoms with Crippen molar-refractivity contribution in [3.63, 3.8) is 0 Å². The van der Waals surface area contributed by atoms with Crippen LogP contribution in [-0.4, -0.2) is 32.8 Å². The second-order valence-electron chi connectivity index (χ2n) is 6.36. The maximum atomic E-state index is 14.2. The maximum absolute atomic E-state index is 14.2. The molecule has 1 saturated carbocycles. The maximum Gasteiger partial charge on any atom is 0.129 e. The van der Waals surface area contributed by atoms with E-state index in [9.17, 15) is 4.39 Å². The van der Waals surface area contributed by atoms with E-state index >= 15 is 0 Å². The smallest absolute Gasteiger partial charge is 0.129 e. The van der Waals surface area contributed by atoms with Gasteiger partial charge in [-0.25, -0.2) is 4.39 Å². The van der Waals surface area contributed by atoms with Crippen molar-refractivity contribution < 1.29 is 9.13 Å². The number of nitrogens with zero attached hydrogens (tertiary/aromatic N) is 1. The molecule has 2 aliphatic rings. The number of ether oxygens (including phenoxy) is 1. The van der Waals surface area contributed by atoms with E-state index in [2.05, 4.69) is 17.3 Å². The Bertz CT molecular complexity index is 470. The highest BCUT2D eigenvalue weighted by Gasteiger charge is 2.23. The molecular formula is C17H25FN2O. The minimum Gasteiger partial charge on any atom is -0.381 e. The van der Waals surface area contributed by atoms with Gasteiger partial charge in [0.25, 0.3) is 0 Å². The second-order valence-corrected chi connectivity index (χ2v) is 6.36. The van der Waals surface area contributed by atoms with Gasteiger partial charge in [0.1, 0.15) is 5.82 Å². The van der Waals surface area contributed by atoms with Crippen LogP contribution in [0.1, 0.15) is 31.2 Å². The Morgan fingerprint density at radius 3 is 2.90 bits per heavy atom. The lowest BCUT2D eigenvalue weighted by molar-refractivity contribution is 0.0576. The van der Waals surface area contributed by atoms with Crippen LogP contribution in [0.25, 0.3) is 0 Å². The van der Waals surface area contributed by atoms with Crippen molar-refractivity contribution in [3.8, 4) is 0 Å². The van der Waals surface area contributed by atoms with Gasteiger partial charge >= 0.3 is 0 Å². The van der Waals surface area contributed by atoms with Crippen LogP contribution >= 0.6 is 0 Å². The van der Waals surface area contributed by atoms with Gasteiger partial charge in [-0.1, -0.05) is 6.07 Å². The lowest BCUT2D eigenvalue weighted by Gasteiger charge is -2.30. The van der Waals surface area contributed by atoms with E-state index in [1.165, 1.54) is 19.3 Å². The summed E-state index contributed by atoms with van der Waals surface area (Å²) in [5, 5.41) is 3.42. The molecule has 0 radical (unpaired) electrons. The first kappa shape index (κ1) is 14.8. The van der Waals surface area contributed by atoms with Crippen molar-refractivity contribution in [1.82, 2.24) is 5.32 Å². The second kappa shape index (κ2) is 6.75. The van der Waals surface area contributed by atoms with E-state index in [0.717, 1.165) is 37.4 Å². The molecule has 1 aromatic carbocycles. The number of anilines is 1. The third kappa shape index (κ3) is 3.95. The zero-order valence-electron chi connectivity index (χ0n) is 12.8. The average Bonchev–Trinajstić information content (AvgIpc) is 3.31. The standard InChI is InChI=1S/C17H25FN2O/c1-20(11-13-4-3-9-21-12-13)17-6-2-5-16(18)15(17)10-19-14-7-8-14/h2,5-6,13-14,19H,3-4,7-12H2,1H3. The Kier molecular flexibility index (Phi) is 4.76. The highest BCUT2D eigenvalue weighted by Crippen LogP contribution is 2.26. The minimum atomic E-state index is -0.104. The summed E-state index contributed by atoms with van der Waals surface area (Å²) < 4.78 is 19.7. The Balaban J connectivity index is 1.67. The van der Waals surface area contributed by atoms with Crippen LogP contribution in [0.5, 0.6) is 0 Å². The van der Waals surface area contributed by atoms with Crippen molar-refractivity contribution in [2.24, 2.45) is 5.92 Å². The largest absolute Gasteiger partial charge is 0.381 e. The highest BCUT2D eigenvalue weighted by molar-refractivity contribution is 5.53. The molecule has 4 heteroatoms. The molecule has 3 rings (SSSR count). The molecule has 1 saturated heterocycles. The Morgan fingerprint density at radius 2 is 2.19 bits per heavy atom. The van der Waals surface area contributed by atoms with Crippen molar-refractivity contribution in [2.75, 3.05) is 31.7 Å². The number of benzene rings is 1. The number of halogens is 1. The number of hydrogen-bond acceptors (Lipinski definition) is 3. The van der Waals surface area contributed by atoms with Gasteiger partial charge in [-0.2, -0.15) is 0 Å². The van der Waals surface area contributed by atoms with E-state index in [-0.39, 0.29) is 5.82 Å². The summed E-state index contributed by atoms with van der Waals surface area (Å²) in [5.41, 5.74) is 1.80. The average molecular weight is 292 g/mol. The lowest BCUT2D eigenvalue weighted by Crippen LogP contribution is -2.32. The Hall–Kier alpha value is -1.13. The Labute approximate surface area is 126 Å². The summed E-state index contributed by atoms with van der Waals surface area (Å²) >= 11 is 0. The molecule has 3 nitrogen and oxygen atoms in total. The summed E-state index contributed by atoms with van der Waals surface area (Å²) in [7, 11) is 2.06. The molecular weight excluding hydrogens is 267 g/mol. The molecule has 0 bridgehead atoms. The predicted octanol–water partition coefficient (Wildman–Crippen LogP) is 2.94. The van der Waals surface area contributed by atoms with E-state index < -0.39 is 0 Å². The van der Waals surface area contributed by atoms with Gasteiger partial charge in [-0.15, -0.1) is 0 Å². The topological polar surface area (TPSA) is 24.5 Å². The molecule has 2 fully saturated rings. The van der Waals surface area contributed by atoms with Gasteiger partial charge in [0, 0.05) is 44.0 Å². The fourth-order valence-electron chi connectivity index (χ4n) is 3.05. The van der Waals surface area contributed by atoms with E-state index in [1.807, 2.05) is 6.07 Å². The fourth-order valence-corrected chi connectivity index (χ4v) is 3.05. The SMILES string of the molecule is CN(CC1CCCOC1)c1cccc(F)c1CNC1CC1. The van der Waals surface area contributed by atoms with Gasteiger partial charge < -0.3 is 15.0 Å². The third-order valence-corrected chi connectivity index (χ3v) is 4.44. The first-order chi connectivity index (χ1) is 10.2. The molecule has 1 N–H and O–H groups in total. The van der Waals surface area contributed by atoms with E-state index in [4.69, 9.17) is 4.74 Å². The van der Waals surface area contributed by atoms with Gasteiger partial charge in [0.15, 0.2) is 0 Å². The van der Waals surface area contributed by atoms with Crippen LogP contribution < -0.4 is 10.2 Å². The zero-order valence-corrected chi connectivity index (χ0v) is 12.8. The minimum absolute atomic E-state index is 0.104. The lowest BCUT2D eigenvalue weighted by atomic mass is 10.0. The summed E-state index contributed by atoms with van der Waals surface area (Å²) in [6, 6.07) is 5.98. The van der Waals surface area contributed by atoms with Crippen molar-refractivity contribution in [1.29, 1.82) is 0 Å². The van der Waals surface area contributed by atoms with Gasteiger partial charge in [0.2, 0.25) is 0 Å². The quantitative estimate of drug-likeness (QED) is 0.872. The molecule has 1 unspecified atom stereocenters. The van der Waals surface area contributed by atoms with E-state index in [0.29, 0.717) is 18.5 Å². The van der Waals surface area contributed by atoms with Gasteiger partial charge in [0.05, 0.1) is 6.61 Å². The number of hydrogen-bond donors (Lipinski definition) is 1. The van der Waals surface area contributed by atoms with Crippen LogP contribution in [-0.2, 0) is 11.3 Å². The van der Waals surface area contributed by atoms with Crippen molar-refractivity contribution in [2.45, 2.75) is 38.3 Å².